The molecule has 5 heteroatoms. The average molecular weight is 209 g/mol. The van der Waals surface area contributed by atoms with Crippen molar-refractivity contribution in [3.8, 4) is 0 Å². The molecule has 0 atom stereocenters. The summed E-state index contributed by atoms with van der Waals surface area (Å²) >= 11 is 0. The highest BCUT2D eigenvalue weighted by molar-refractivity contribution is 8.76. The summed E-state index contributed by atoms with van der Waals surface area (Å²) < 4.78 is 7.36. The van der Waals surface area contributed by atoms with E-state index in [-0.39, 0.29) is 6.09 Å². The van der Waals surface area contributed by atoms with Crippen LogP contribution in [0.25, 0.3) is 0 Å². The first-order valence-electron chi connectivity index (χ1n) is 3.92. The van der Waals surface area contributed by atoms with E-state index in [2.05, 4.69) is 18.6 Å². The number of nitrogens with one attached hydrogen (secondary N) is 1. The normalized spacial score (nSPS) is 10.0. The van der Waals surface area contributed by atoms with E-state index in [1.54, 1.807) is 10.8 Å². The van der Waals surface area contributed by atoms with Crippen LogP contribution in [-0.2, 0) is 4.74 Å². The Morgan fingerprint density at radius 1 is 1.58 bits per heavy atom. The lowest BCUT2D eigenvalue weighted by molar-refractivity contribution is 0.153. The molecule has 0 aliphatic heterocycles. The SMILES string of the molecule is CCCOC(=O)NSSC(C)C. The molecule has 0 spiro atoms. The van der Waals surface area contributed by atoms with Crippen molar-refractivity contribution in [1.29, 1.82) is 0 Å². The van der Waals surface area contributed by atoms with Crippen LogP contribution in [0.15, 0.2) is 0 Å². The number of ether oxygens (including phenoxy) is 1. The molecule has 12 heavy (non-hydrogen) atoms. The second kappa shape index (κ2) is 7.61. The minimum Gasteiger partial charge on any atom is -0.449 e. The number of rotatable bonds is 5. The topological polar surface area (TPSA) is 38.3 Å². The van der Waals surface area contributed by atoms with Crippen molar-refractivity contribution in [2.45, 2.75) is 32.4 Å². The molecule has 72 valence electrons. The molecule has 0 rings (SSSR count). The van der Waals surface area contributed by atoms with Crippen LogP contribution in [0.3, 0.4) is 0 Å². The summed E-state index contributed by atoms with van der Waals surface area (Å²) in [6.45, 7) is 6.58. The Bertz CT molecular complexity index is 131. The number of carbonyl (C=O) groups excluding carboxylic acids is 1. The maximum atomic E-state index is 10.8. The molecule has 0 aliphatic carbocycles. The predicted octanol–water partition coefficient (Wildman–Crippen LogP) is 2.83. The second-order valence-electron chi connectivity index (χ2n) is 2.47. The first kappa shape index (κ1) is 12.0. The number of amides is 1. The van der Waals surface area contributed by atoms with Gasteiger partial charge in [-0.1, -0.05) is 31.6 Å². The maximum absolute atomic E-state index is 10.8. The van der Waals surface area contributed by atoms with Gasteiger partial charge in [0, 0.05) is 16.2 Å². The van der Waals surface area contributed by atoms with Crippen LogP contribution in [-0.4, -0.2) is 18.0 Å². The molecule has 1 amide bonds. The zero-order valence-electron chi connectivity index (χ0n) is 7.62. The number of hydrogen-bond donors (Lipinski definition) is 1. The summed E-state index contributed by atoms with van der Waals surface area (Å²) in [5.74, 6) is 0. The van der Waals surface area contributed by atoms with Crippen LogP contribution < -0.4 is 4.72 Å². The van der Waals surface area contributed by atoms with Crippen molar-refractivity contribution >= 4 is 27.9 Å². The summed E-state index contributed by atoms with van der Waals surface area (Å²) in [5.41, 5.74) is 0. The summed E-state index contributed by atoms with van der Waals surface area (Å²) in [6.07, 6.45) is 0.505. The molecule has 0 aliphatic rings. The van der Waals surface area contributed by atoms with Gasteiger partial charge in [-0.25, -0.2) is 4.79 Å². The van der Waals surface area contributed by atoms with E-state index in [4.69, 9.17) is 4.74 Å². The van der Waals surface area contributed by atoms with Gasteiger partial charge in [0.1, 0.15) is 0 Å². The molecule has 1 N–H and O–H groups in total. The van der Waals surface area contributed by atoms with Gasteiger partial charge >= 0.3 is 6.09 Å². The summed E-state index contributed by atoms with van der Waals surface area (Å²) in [6, 6.07) is 0. The largest absolute Gasteiger partial charge is 0.449 e. The van der Waals surface area contributed by atoms with Crippen molar-refractivity contribution in [2.24, 2.45) is 0 Å². The Morgan fingerprint density at radius 3 is 2.75 bits per heavy atom. The molecular weight excluding hydrogens is 194 g/mol. The van der Waals surface area contributed by atoms with Crippen molar-refractivity contribution < 1.29 is 9.53 Å². The van der Waals surface area contributed by atoms with Crippen LogP contribution in [0.4, 0.5) is 4.79 Å². The molecule has 0 bridgehead atoms. The summed E-state index contributed by atoms with van der Waals surface area (Å²) in [5, 5.41) is 0.501. The Labute approximate surface area is 81.5 Å². The highest BCUT2D eigenvalue weighted by Gasteiger charge is 2.01. The molecule has 3 nitrogen and oxygen atoms in total. The molecule has 0 aromatic carbocycles. The van der Waals surface area contributed by atoms with Gasteiger partial charge in [0.15, 0.2) is 0 Å². The summed E-state index contributed by atoms with van der Waals surface area (Å²) in [4.78, 5) is 10.8. The maximum Gasteiger partial charge on any atom is 0.417 e. The van der Waals surface area contributed by atoms with E-state index in [1.165, 1.54) is 11.0 Å². The zero-order chi connectivity index (χ0) is 9.40. The molecule has 0 saturated carbocycles. The van der Waals surface area contributed by atoms with Gasteiger partial charge in [-0.3, -0.25) is 4.72 Å². The number of carbonyl (C=O) groups is 1. The third kappa shape index (κ3) is 8.07. The van der Waals surface area contributed by atoms with E-state index in [0.29, 0.717) is 11.9 Å². The van der Waals surface area contributed by atoms with E-state index in [9.17, 15) is 4.79 Å². The zero-order valence-corrected chi connectivity index (χ0v) is 9.26. The van der Waals surface area contributed by atoms with E-state index >= 15 is 0 Å². The van der Waals surface area contributed by atoms with Crippen LogP contribution in [0.5, 0.6) is 0 Å². The van der Waals surface area contributed by atoms with Gasteiger partial charge in [0.05, 0.1) is 6.61 Å². The lowest BCUT2D eigenvalue weighted by Gasteiger charge is -2.05. The molecule has 0 saturated heterocycles. The standard InChI is InChI=1S/C7H15NO2S2/c1-4-5-10-7(9)8-12-11-6(2)3/h6H,4-5H2,1-3H3,(H,8,9). The predicted molar refractivity (Wildman–Crippen MR) is 55.1 cm³/mol. The van der Waals surface area contributed by atoms with Gasteiger partial charge in [-0.15, -0.1) is 0 Å². The van der Waals surface area contributed by atoms with Gasteiger partial charge in [-0.2, -0.15) is 0 Å². The monoisotopic (exact) mass is 209 g/mol. The molecule has 0 aromatic rings. The third-order valence-corrected chi connectivity index (χ3v) is 3.23. The van der Waals surface area contributed by atoms with E-state index < -0.39 is 0 Å². The third-order valence-electron chi connectivity index (χ3n) is 0.803. The lowest BCUT2D eigenvalue weighted by Crippen LogP contribution is -2.16. The molecule has 0 radical (unpaired) electrons. The van der Waals surface area contributed by atoms with Crippen LogP contribution in [0.1, 0.15) is 27.2 Å². The minimum absolute atomic E-state index is 0.352. The Morgan fingerprint density at radius 2 is 2.25 bits per heavy atom. The Hall–Kier alpha value is -0.0300. The van der Waals surface area contributed by atoms with Crippen molar-refractivity contribution in [1.82, 2.24) is 4.72 Å². The minimum atomic E-state index is -0.352. The molecule has 0 fully saturated rings. The van der Waals surface area contributed by atoms with Crippen molar-refractivity contribution in [3.05, 3.63) is 0 Å². The molecular formula is C7H15NO2S2. The van der Waals surface area contributed by atoms with Crippen LogP contribution >= 0.6 is 21.8 Å². The fourth-order valence-electron chi connectivity index (χ4n) is 0.379. The van der Waals surface area contributed by atoms with Gasteiger partial charge < -0.3 is 4.74 Å². The fourth-order valence-corrected chi connectivity index (χ4v) is 1.67. The highest BCUT2D eigenvalue weighted by Crippen LogP contribution is 2.22. The quantitative estimate of drug-likeness (QED) is 0.558. The first-order valence-corrected chi connectivity index (χ1v) is 6.13. The van der Waals surface area contributed by atoms with Crippen LogP contribution in [0.2, 0.25) is 0 Å². The first-order chi connectivity index (χ1) is 5.66. The van der Waals surface area contributed by atoms with Crippen molar-refractivity contribution in [3.63, 3.8) is 0 Å². The average Bonchev–Trinajstić information content (AvgIpc) is 2.00. The van der Waals surface area contributed by atoms with Gasteiger partial charge in [0.2, 0.25) is 0 Å². The smallest absolute Gasteiger partial charge is 0.417 e. The van der Waals surface area contributed by atoms with Gasteiger partial charge in [0.25, 0.3) is 0 Å². The summed E-state index contributed by atoms with van der Waals surface area (Å²) in [7, 11) is 2.91. The Kier molecular flexibility index (Phi) is 7.59. The lowest BCUT2D eigenvalue weighted by atomic mass is 10.5. The Balaban J connectivity index is 3.20. The second-order valence-corrected chi connectivity index (χ2v) is 5.05. The highest BCUT2D eigenvalue weighted by atomic mass is 33.1. The van der Waals surface area contributed by atoms with Crippen molar-refractivity contribution in [2.75, 3.05) is 6.61 Å². The van der Waals surface area contributed by atoms with Gasteiger partial charge in [-0.05, 0) is 6.42 Å². The molecule has 0 heterocycles. The number of hydrogen-bond acceptors (Lipinski definition) is 4. The fraction of sp³-hybridized carbons (Fsp3) is 0.857. The van der Waals surface area contributed by atoms with E-state index in [0.717, 1.165) is 6.42 Å². The molecule has 0 unspecified atom stereocenters. The molecule has 0 aromatic heterocycles. The van der Waals surface area contributed by atoms with E-state index in [1.807, 2.05) is 6.92 Å². The van der Waals surface area contributed by atoms with Crippen LogP contribution in [0, 0.1) is 0 Å².